The van der Waals surface area contributed by atoms with Crippen molar-refractivity contribution in [1.29, 1.82) is 0 Å². The molecule has 3 aromatic rings. The number of pyridine rings is 1. The quantitative estimate of drug-likeness (QED) is 0.618. The minimum atomic E-state index is -0.225. The van der Waals surface area contributed by atoms with Gasteiger partial charge in [-0.05, 0) is 37.0 Å². The summed E-state index contributed by atoms with van der Waals surface area (Å²) in [5.74, 6) is 0.516. The Kier molecular flexibility index (Phi) is 3.94. The minimum Gasteiger partial charge on any atom is -0.382 e. The van der Waals surface area contributed by atoms with Crippen LogP contribution in [0.2, 0.25) is 5.02 Å². The number of fused-ring (bicyclic) bond motifs is 1. The van der Waals surface area contributed by atoms with Crippen molar-refractivity contribution >= 4 is 39.9 Å². The summed E-state index contributed by atoms with van der Waals surface area (Å²) >= 11 is 6.63. The molecule has 2 fully saturated rings. The summed E-state index contributed by atoms with van der Waals surface area (Å²) in [7, 11) is 0. The van der Waals surface area contributed by atoms with Crippen LogP contribution in [-0.4, -0.2) is 40.7 Å². The largest absolute Gasteiger partial charge is 0.382 e. The van der Waals surface area contributed by atoms with E-state index in [0.29, 0.717) is 10.8 Å². The number of carbonyl (C=O) groups is 1. The van der Waals surface area contributed by atoms with Gasteiger partial charge in [0.25, 0.3) is 0 Å². The van der Waals surface area contributed by atoms with Crippen molar-refractivity contribution in [2.45, 2.75) is 19.3 Å². The maximum Gasteiger partial charge on any atom is 0.226 e. The fourth-order valence-electron chi connectivity index (χ4n) is 4.47. The molecule has 8 heteroatoms. The first-order valence-electron chi connectivity index (χ1n) is 9.48. The van der Waals surface area contributed by atoms with Crippen LogP contribution in [0.4, 0.5) is 11.5 Å². The second kappa shape index (κ2) is 6.38. The molecule has 4 heterocycles. The number of rotatable bonds is 2. The molecule has 0 radical (unpaired) electrons. The second-order valence-corrected chi connectivity index (χ2v) is 8.04. The SMILES string of the molecule is Nc1ncc(-c2ccc3[nH]ncc3c2)c(N2CCC3(CCNC3=O)CC2)c1Cl. The van der Waals surface area contributed by atoms with Crippen LogP contribution < -0.4 is 16.0 Å². The number of nitrogen functional groups attached to an aromatic ring is 1. The van der Waals surface area contributed by atoms with E-state index in [1.807, 2.05) is 12.1 Å². The maximum atomic E-state index is 12.3. The Morgan fingerprint density at radius 2 is 2.00 bits per heavy atom. The molecule has 0 saturated carbocycles. The molecular weight excluding hydrogens is 376 g/mol. The number of H-pyrrole nitrogens is 1. The molecule has 28 heavy (non-hydrogen) atoms. The molecule has 4 N–H and O–H groups in total. The van der Waals surface area contributed by atoms with Gasteiger partial charge in [0.05, 0.1) is 22.8 Å². The number of anilines is 2. The first kappa shape index (κ1) is 17.3. The standard InChI is InChI=1S/C20H21ClN6O/c21-16-17(27-7-4-20(5-8-27)3-6-23-19(20)28)14(11-24-18(16)22)12-1-2-15-13(9-12)10-25-26-15/h1-2,9-11H,3-8H2,(H2,22,24)(H,23,28)(H,25,26). The highest BCUT2D eigenvalue weighted by molar-refractivity contribution is 6.36. The van der Waals surface area contributed by atoms with E-state index in [0.717, 1.165) is 66.6 Å². The maximum absolute atomic E-state index is 12.3. The molecule has 0 atom stereocenters. The Bertz CT molecular complexity index is 1070. The molecule has 2 saturated heterocycles. The Morgan fingerprint density at radius 1 is 1.18 bits per heavy atom. The smallest absolute Gasteiger partial charge is 0.226 e. The van der Waals surface area contributed by atoms with Gasteiger partial charge in [0.2, 0.25) is 5.91 Å². The normalized spacial score (nSPS) is 18.8. The monoisotopic (exact) mass is 396 g/mol. The van der Waals surface area contributed by atoms with Gasteiger partial charge in [-0.1, -0.05) is 17.7 Å². The highest BCUT2D eigenvalue weighted by Crippen LogP contribution is 2.44. The highest BCUT2D eigenvalue weighted by Gasteiger charge is 2.44. The minimum absolute atomic E-state index is 0.193. The summed E-state index contributed by atoms with van der Waals surface area (Å²) in [4.78, 5) is 18.8. The molecule has 0 bridgehead atoms. The number of carbonyl (C=O) groups excluding carboxylic acids is 1. The van der Waals surface area contributed by atoms with Crippen LogP contribution in [0.5, 0.6) is 0 Å². The number of amides is 1. The average Bonchev–Trinajstić information content (AvgIpc) is 3.31. The number of benzene rings is 1. The first-order chi connectivity index (χ1) is 13.6. The fraction of sp³-hybridized carbons (Fsp3) is 0.350. The zero-order chi connectivity index (χ0) is 19.3. The molecule has 5 rings (SSSR count). The molecule has 0 unspecified atom stereocenters. The summed E-state index contributed by atoms with van der Waals surface area (Å²) in [6.07, 6.45) is 6.13. The molecule has 144 valence electrons. The fourth-order valence-corrected chi connectivity index (χ4v) is 4.74. The van der Waals surface area contributed by atoms with Crippen LogP contribution in [0.15, 0.2) is 30.6 Å². The van der Waals surface area contributed by atoms with Gasteiger partial charge in [0, 0.05) is 36.8 Å². The van der Waals surface area contributed by atoms with E-state index in [1.165, 1.54) is 0 Å². The number of aromatic nitrogens is 3. The molecular formula is C20H21ClN6O. The second-order valence-electron chi connectivity index (χ2n) is 7.67. The van der Waals surface area contributed by atoms with Gasteiger partial charge in [0.15, 0.2) is 0 Å². The first-order valence-corrected chi connectivity index (χ1v) is 9.86. The molecule has 2 aliphatic rings. The highest BCUT2D eigenvalue weighted by atomic mass is 35.5. The van der Waals surface area contributed by atoms with Gasteiger partial charge in [-0.3, -0.25) is 9.89 Å². The molecule has 1 spiro atoms. The summed E-state index contributed by atoms with van der Waals surface area (Å²) in [6.45, 7) is 2.30. The Hall–Kier alpha value is -2.80. The number of hydrogen-bond donors (Lipinski definition) is 3. The van der Waals surface area contributed by atoms with Crippen LogP contribution in [0.3, 0.4) is 0 Å². The third-order valence-corrected chi connectivity index (χ3v) is 6.55. The van der Waals surface area contributed by atoms with Crippen molar-refractivity contribution in [2.24, 2.45) is 5.41 Å². The third-order valence-electron chi connectivity index (χ3n) is 6.18. The van der Waals surface area contributed by atoms with E-state index in [1.54, 1.807) is 12.4 Å². The third kappa shape index (κ3) is 2.61. The van der Waals surface area contributed by atoms with Crippen molar-refractivity contribution < 1.29 is 4.79 Å². The van der Waals surface area contributed by atoms with Crippen LogP contribution in [-0.2, 0) is 4.79 Å². The van der Waals surface area contributed by atoms with Gasteiger partial charge < -0.3 is 16.0 Å². The lowest BCUT2D eigenvalue weighted by molar-refractivity contribution is -0.128. The van der Waals surface area contributed by atoms with Crippen molar-refractivity contribution in [2.75, 3.05) is 30.3 Å². The zero-order valence-corrected chi connectivity index (χ0v) is 16.1. The van der Waals surface area contributed by atoms with E-state index in [9.17, 15) is 4.79 Å². The molecule has 1 amide bonds. The predicted molar refractivity (Wildman–Crippen MR) is 110 cm³/mol. The topological polar surface area (TPSA) is 99.9 Å². The zero-order valence-electron chi connectivity index (χ0n) is 15.3. The molecule has 0 aliphatic carbocycles. The van der Waals surface area contributed by atoms with Crippen LogP contribution >= 0.6 is 11.6 Å². The Morgan fingerprint density at radius 3 is 2.75 bits per heavy atom. The summed E-state index contributed by atoms with van der Waals surface area (Å²) in [6, 6.07) is 6.10. The van der Waals surface area contributed by atoms with Crippen molar-refractivity contribution in [1.82, 2.24) is 20.5 Å². The number of nitrogens with two attached hydrogens (primary N) is 1. The molecule has 2 aromatic heterocycles. The number of piperidine rings is 1. The number of nitrogens with zero attached hydrogens (tertiary/aromatic N) is 3. The van der Waals surface area contributed by atoms with Gasteiger partial charge >= 0.3 is 0 Å². The molecule has 2 aliphatic heterocycles. The summed E-state index contributed by atoms with van der Waals surface area (Å²) in [5, 5.41) is 11.5. The summed E-state index contributed by atoms with van der Waals surface area (Å²) in [5.41, 5.74) is 9.64. The lowest BCUT2D eigenvalue weighted by Gasteiger charge is -2.39. The van der Waals surface area contributed by atoms with Crippen LogP contribution in [0.25, 0.3) is 22.0 Å². The number of aromatic amines is 1. The Labute approximate surface area is 167 Å². The molecule has 1 aromatic carbocycles. The number of nitrogens with one attached hydrogen (secondary N) is 2. The average molecular weight is 397 g/mol. The van der Waals surface area contributed by atoms with Crippen molar-refractivity contribution in [3.63, 3.8) is 0 Å². The molecule has 7 nitrogen and oxygen atoms in total. The van der Waals surface area contributed by atoms with Crippen LogP contribution in [0.1, 0.15) is 19.3 Å². The number of halogens is 1. The lowest BCUT2D eigenvalue weighted by Crippen LogP contribution is -2.44. The van der Waals surface area contributed by atoms with Gasteiger partial charge in [0.1, 0.15) is 10.8 Å². The van der Waals surface area contributed by atoms with Gasteiger partial charge in [-0.2, -0.15) is 5.10 Å². The van der Waals surface area contributed by atoms with E-state index in [-0.39, 0.29) is 11.3 Å². The lowest BCUT2D eigenvalue weighted by atomic mass is 9.77. The Balaban J connectivity index is 1.54. The number of hydrogen-bond acceptors (Lipinski definition) is 5. The van der Waals surface area contributed by atoms with Crippen LogP contribution in [0, 0.1) is 5.41 Å². The van der Waals surface area contributed by atoms with E-state index < -0.39 is 0 Å². The predicted octanol–water partition coefficient (Wildman–Crippen LogP) is 2.97. The van der Waals surface area contributed by atoms with Gasteiger partial charge in [-0.25, -0.2) is 4.98 Å². The van der Waals surface area contributed by atoms with Gasteiger partial charge in [-0.15, -0.1) is 0 Å². The van der Waals surface area contributed by atoms with E-state index >= 15 is 0 Å². The van der Waals surface area contributed by atoms with Crippen molar-refractivity contribution in [3.05, 3.63) is 35.6 Å². The van der Waals surface area contributed by atoms with E-state index in [4.69, 9.17) is 17.3 Å². The van der Waals surface area contributed by atoms with E-state index in [2.05, 4.69) is 31.5 Å². The van der Waals surface area contributed by atoms with Crippen molar-refractivity contribution in [3.8, 4) is 11.1 Å². The summed E-state index contributed by atoms with van der Waals surface area (Å²) < 4.78 is 0.